The molecule has 1 spiro atoms. The van der Waals surface area contributed by atoms with Gasteiger partial charge in [0.2, 0.25) is 5.91 Å². The van der Waals surface area contributed by atoms with Crippen molar-refractivity contribution in [3.63, 3.8) is 0 Å². The van der Waals surface area contributed by atoms with Crippen molar-refractivity contribution in [2.45, 2.75) is 69.0 Å². The molecule has 3 N–H and O–H groups in total. The Labute approximate surface area is 264 Å². The van der Waals surface area contributed by atoms with Crippen molar-refractivity contribution in [2.75, 3.05) is 38.2 Å². The number of aliphatic hydroxyl groups excluding tert-OH is 1. The van der Waals surface area contributed by atoms with Gasteiger partial charge in [0.05, 0.1) is 24.3 Å². The van der Waals surface area contributed by atoms with Crippen molar-refractivity contribution >= 4 is 29.2 Å². The number of carboxylic acids is 1. The molecule has 0 unspecified atom stereocenters. The van der Waals surface area contributed by atoms with Crippen LogP contribution < -0.4 is 9.64 Å². The van der Waals surface area contributed by atoms with Crippen molar-refractivity contribution in [3.05, 3.63) is 70.3 Å². The number of aliphatic carboxylic acids is 1. The normalized spacial score (nSPS) is 33.0. The fraction of sp³-hybridized carbons (Fsp3) is 0.543. The van der Waals surface area contributed by atoms with Crippen LogP contribution >= 0.6 is 11.6 Å². The lowest BCUT2D eigenvalue weighted by molar-refractivity contribution is -0.173. The molecule has 0 aromatic heterocycles. The zero-order valence-corrected chi connectivity index (χ0v) is 26.3. The number of aryl methyl sites for hydroxylation is 1. The summed E-state index contributed by atoms with van der Waals surface area (Å²) in [6, 6.07) is 11.2. The van der Waals surface area contributed by atoms with E-state index in [0.717, 1.165) is 32.1 Å². The molecule has 1 saturated carbocycles. The molecular weight excluding hydrogens is 580 g/mol. The predicted octanol–water partition coefficient (Wildman–Crippen LogP) is 4.92. The Morgan fingerprint density at radius 2 is 2.00 bits per heavy atom. The molecule has 0 radical (unpaired) electrons. The van der Waals surface area contributed by atoms with Gasteiger partial charge in [0.1, 0.15) is 5.75 Å². The molecule has 44 heavy (non-hydrogen) atoms. The summed E-state index contributed by atoms with van der Waals surface area (Å²) < 4.78 is 6.58. The van der Waals surface area contributed by atoms with E-state index in [4.69, 9.17) is 16.3 Å². The van der Waals surface area contributed by atoms with Gasteiger partial charge in [-0.15, -0.1) is 0 Å². The number of aliphatic hydroxyl groups is 2. The smallest absolute Gasteiger partial charge is 0.341 e. The van der Waals surface area contributed by atoms with Crippen molar-refractivity contribution in [2.24, 2.45) is 17.8 Å². The standard InChI is InChI=1S/C35H43ClN2O6/c1-3-27-32(40)37(2)16-5-4-8-30(39)26-12-9-23(26)19-38-20-34(15-6-7-22-17-25(36)11-13-28(22)34)21-44-31-14-10-24(18-29(31)38)35(27,43)33(41)42/h4,8,10-11,13-14,17-18,23,26-27,30,39,43H,3,5-7,9,12,15-16,19-21H2,1-2H3,(H,41,42)/b8-4-/t23-,26+,27+,30-,34-,35-/m0/s1. The van der Waals surface area contributed by atoms with Gasteiger partial charge in [0, 0.05) is 37.1 Å². The first-order valence-electron chi connectivity index (χ1n) is 15.9. The first-order chi connectivity index (χ1) is 21.1. The molecular formula is C35H43ClN2O6. The third kappa shape index (κ3) is 5.29. The van der Waals surface area contributed by atoms with E-state index in [1.54, 1.807) is 32.2 Å². The average molecular weight is 623 g/mol. The highest BCUT2D eigenvalue weighted by Gasteiger charge is 2.51. The van der Waals surface area contributed by atoms with Crippen LogP contribution in [0.4, 0.5) is 5.69 Å². The number of nitrogens with zero attached hydrogens (tertiary/aromatic N) is 2. The number of hydrogen-bond donors (Lipinski definition) is 3. The maximum atomic E-state index is 13.6. The number of carbonyl (C=O) groups is 2. The second-order valence-corrected chi connectivity index (χ2v) is 13.7. The quantitative estimate of drug-likeness (QED) is 0.408. The molecule has 0 saturated heterocycles. The van der Waals surface area contributed by atoms with E-state index in [1.165, 1.54) is 16.0 Å². The van der Waals surface area contributed by atoms with Gasteiger partial charge < -0.3 is 29.9 Å². The molecule has 2 aliphatic heterocycles. The van der Waals surface area contributed by atoms with Gasteiger partial charge >= 0.3 is 5.97 Å². The number of anilines is 1. The molecule has 8 nitrogen and oxygen atoms in total. The molecule has 236 valence electrons. The Kier molecular flexibility index (Phi) is 8.46. The fourth-order valence-corrected chi connectivity index (χ4v) is 8.25. The van der Waals surface area contributed by atoms with Gasteiger partial charge in [-0.2, -0.15) is 0 Å². The average Bonchev–Trinajstić information content (AvgIpc) is 3.13. The van der Waals surface area contributed by atoms with Gasteiger partial charge in [-0.05, 0) is 97.7 Å². The molecule has 9 heteroatoms. The predicted molar refractivity (Wildman–Crippen MR) is 169 cm³/mol. The van der Waals surface area contributed by atoms with Crippen molar-refractivity contribution in [3.8, 4) is 5.75 Å². The number of rotatable bonds is 2. The van der Waals surface area contributed by atoms with E-state index in [-0.39, 0.29) is 29.2 Å². The third-order valence-corrected chi connectivity index (χ3v) is 11.0. The fourth-order valence-electron chi connectivity index (χ4n) is 8.05. The lowest BCUT2D eigenvalue weighted by Crippen LogP contribution is -2.51. The number of halogens is 1. The van der Waals surface area contributed by atoms with Crippen LogP contribution in [0.5, 0.6) is 5.75 Å². The largest absolute Gasteiger partial charge is 0.490 e. The number of fused-ring (bicyclic) bond motifs is 4. The van der Waals surface area contributed by atoms with Gasteiger partial charge in [-0.1, -0.05) is 42.8 Å². The van der Waals surface area contributed by atoms with Gasteiger partial charge in [-0.25, -0.2) is 4.79 Å². The zero-order chi connectivity index (χ0) is 31.2. The van der Waals surface area contributed by atoms with E-state index in [2.05, 4.69) is 17.0 Å². The van der Waals surface area contributed by atoms with Crippen LogP contribution in [-0.2, 0) is 27.0 Å². The van der Waals surface area contributed by atoms with Crippen molar-refractivity contribution in [1.29, 1.82) is 0 Å². The minimum absolute atomic E-state index is 0.100. The second-order valence-electron chi connectivity index (χ2n) is 13.3. The minimum Gasteiger partial charge on any atom is -0.490 e. The number of carbonyl (C=O) groups excluding carboxylic acids is 1. The molecule has 4 aliphatic rings. The topological polar surface area (TPSA) is 111 Å². The molecule has 2 aromatic carbocycles. The highest BCUT2D eigenvalue weighted by Crippen LogP contribution is 2.48. The lowest BCUT2D eigenvalue weighted by Gasteiger charge is -2.45. The lowest BCUT2D eigenvalue weighted by atomic mass is 9.68. The van der Waals surface area contributed by atoms with E-state index in [9.17, 15) is 24.9 Å². The summed E-state index contributed by atoms with van der Waals surface area (Å²) in [4.78, 5) is 30.3. The maximum Gasteiger partial charge on any atom is 0.341 e. The second kappa shape index (κ2) is 12.0. The van der Waals surface area contributed by atoms with Crippen molar-refractivity contribution in [1.82, 2.24) is 4.90 Å². The Balaban J connectivity index is 1.49. The summed E-state index contributed by atoms with van der Waals surface area (Å²) >= 11 is 6.40. The van der Waals surface area contributed by atoms with E-state index >= 15 is 0 Å². The Hall–Kier alpha value is -3.07. The maximum absolute atomic E-state index is 13.6. The number of hydrogen-bond acceptors (Lipinski definition) is 6. The number of carboxylic acid groups (broad SMARTS) is 1. The number of benzene rings is 2. The van der Waals surface area contributed by atoms with Gasteiger partial charge in [-0.3, -0.25) is 4.79 Å². The van der Waals surface area contributed by atoms with Crippen LogP contribution in [0.1, 0.15) is 62.1 Å². The van der Waals surface area contributed by atoms with E-state index in [1.807, 2.05) is 18.2 Å². The highest BCUT2D eigenvalue weighted by atomic mass is 35.5. The van der Waals surface area contributed by atoms with E-state index in [0.29, 0.717) is 49.1 Å². The Morgan fingerprint density at radius 1 is 1.18 bits per heavy atom. The first kappa shape index (κ1) is 30.9. The summed E-state index contributed by atoms with van der Waals surface area (Å²) in [7, 11) is 1.63. The Bertz CT molecular complexity index is 1460. The zero-order valence-electron chi connectivity index (χ0n) is 25.5. The van der Waals surface area contributed by atoms with Crippen LogP contribution in [-0.4, -0.2) is 71.5 Å². The summed E-state index contributed by atoms with van der Waals surface area (Å²) in [6.07, 6.45) is 8.60. The number of ether oxygens (including phenoxy) is 1. The SMILES string of the molecule is CC[C@@H]1C(=O)N(C)CC/C=C\[C@H](O)[C@@H]2CC[C@H]2CN2C[C@@]3(CCCc4cc(Cl)ccc43)COc3ccc(cc32)[C@@]1(O)C(=O)O. The highest BCUT2D eigenvalue weighted by molar-refractivity contribution is 6.30. The monoisotopic (exact) mass is 622 g/mol. The molecule has 1 amide bonds. The summed E-state index contributed by atoms with van der Waals surface area (Å²) in [6.45, 7) is 3.82. The molecule has 2 bridgehead atoms. The van der Waals surface area contributed by atoms with Crippen LogP contribution in [0.25, 0.3) is 0 Å². The minimum atomic E-state index is -2.43. The van der Waals surface area contributed by atoms with Crippen LogP contribution in [0.3, 0.4) is 0 Å². The summed E-state index contributed by atoms with van der Waals surface area (Å²) in [5.41, 5.74) is 0.575. The molecule has 1 fully saturated rings. The molecule has 2 aliphatic carbocycles. The first-order valence-corrected chi connectivity index (χ1v) is 16.3. The van der Waals surface area contributed by atoms with Gasteiger partial charge in [0.25, 0.3) is 0 Å². The Morgan fingerprint density at radius 3 is 2.73 bits per heavy atom. The third-order valence-electron chi connectivity index (χ3n) is 10.7. The molecule has 2 heterocycles. The van der Waals surface area contributed by atoms with Crippen LogP contribution in [0.15, 0.2) is 48.6 Å². The van der Waals surface area contributed by atoms with Gasteiger partial charge in [0.15, 0.2) is 5.60 Å². The molecule has 6 rings (SSSR count). The number of amides is 1. The molecule has 6 atom stereocenters. The molecule has 2 aromatic rings. The van der Waals surface area contributed by atoms with E-state index < -0.39 is 29.5 Å². The summed E-state index contributed by atoms with van der Waals surface area (Å²) in [5, 5.41) is 34.3. The summed E-state index contributed by atoms with van der Waals surface area (Å²) in [5.74, 6) is -2.13. The van der Waals surface area contributed by atoms with Crippen LogP contribution in [0.2, 0.25) is 5.02 Å². The van der Waals surface area contributed by atoms with Crippen molar-refractivity contribution < 1.29 is 29.6 Å². The van der Waals surface area contributed by atoms with Crippen LogP contribution in [0, 0.1) is 17.8 Å².